The highest BCUT2D eigenvalue weighted by molar-refractivity contribution is 7.89. The van der Waals surface area contributed by atoms with Crippen molar-refractivity contribution in [3.63, 3.8) is 0 Å². The van der Waals surface area contributed by atoms with Gasteiger partial charge in [-0.1, -0.05) is 12.2 Å². The number of nitrogens with zero attached hydrogens (tertiary/aromatic N) is 1. The smallest absolute Gasteiger partial charge is 0.215 e. The van der Waals surface area contributed by atoms with Gasteiger partial charge in [0.25, 0.3) is 0 Å². The van der Waals surface area contributed by atoms with Gasteiger partial charge in [0.2, 0.25) is 10.0 Å². The second kappa shape index (κ2) is 6.06. The molecular formula is C16H19N3O2S. The van der Waals surface area contributed by atoms with Gasteiger partial charge < -0.3 is 4.98 Å². The highest BCUT2D eigenvalue weighted by atomic mass is 32.2. The molecule has 2 N–H and O–H groups in total. The summed E-state index contributed by atoms with van der Waals surface area (Å²) >= 11 is 0. The number of aromatic nitrogens is 2. The summed E-state index contributed by atoms with van der Waals surface area (Å²) in [6.07, 6.45) is 9.59. The average molecular weight is 317 g/mol. The Morgan fingerprint density at radius 3 is 3.05 bits per heavy atom. The van der Waals surface area contributed by atoms with Crippen molar-refractivity contribution in [2.75, 3.05) is 5.75 Å². The Morgan fingerprint density at radius 1 is 1.45 bits per heavy atom. The standard InChI is InChI=1S/C16H19N3O2S/c1-2-11-22(20,21)19-13-5-3-12(4-6-13)14-7-9-17-16-15(14)8-10-18-16/h2-3,7-10,13,19H,1,4-6,11H2,(H,17,18). The Morgan fingerprint density at radius 2 is 2.32 bits per heavy atom. The maximum atomic E-state index is 11.8. The Bertz CT molecular complexity index is 821. The molecule has 2 aromatic heterocycles. The van der Waals surface area contributed by atoms with E-state index in [-0.39, 0.29) is 11.8 Å². The van der Waals surface area contributed by atoms with Crippen molar-refractivity contribution in [3.8, 4) is 0 Å². The largest absolute Gasteiger partial charge is 0.346 e. The Balaban J connectivity index is 1.77. The van der Waals surface area contributed by atoms with Crippen molar-refractivity contribution >= 4 is 26.6 Å². The molecule has 1 aliphatic carbocycles. The van der Waals surface area contributed by atoms with Crippen LogP contribution in [0.3, 0.4) is 0 Å². The van der Waals surface area contributed by atoms with Gasteiger partial charge in [-0.15, -0.1) is 6.58 Å². The highest BCUT2D eigenvalue weighted by Gasteiger charge is 2.21. The first kappa shape index (κ1) is 15.0. The first-order chi connectivity index (χ1) is 10.6. The summed E-state index contributed by atoms with van der Waals surface area (Å²) in [5, 5.41) is 1.11. The van der Waals surface area contributed by atoms with E-state index in [0.29, 0.717) is 6.42 Å². The monoisotopic (exact) mass is 317 g/mol. The zero-order valence-electron chi connectivity index (χ0n) is 12.2. The predicted octanol–water partition coefficient (Wildman–Crippen LogP) is 2.60. The number of pyridine rings is 1. The third-order valence-electron chi connectivity index (χ3n) is 3.90. The minimum absolute atomic E-state index is 0.0303. The van der Waals surface area contributed by atoms with E-state index in [1.54, 1.807) is 6.20 Å². The molecule has 1 atom stereocenters. The van der Waals surface area contributed by atoms with E-state index in [9.17, 15) is 8.42 Å². The highest BCUT2D eigenvalue weighted by Crippen LogP contribution is 2.31. The van der Waals surface area contributed by atoms with Gasteiger partial charge in [0.1, 0.15) is 5.65 Å². The fourth-order valence-electron chi connectivity index (χ4n) is 2.88. The van der Waals surface area contributed by atoms with Gasteiger partial charge in [0, 0.05) is 23.8 Å². The summed E-state index contributed by atoms with van der Waals surface area (Å²) in [6.45, 7) is 3.47. The first-order valence-corrected chi connectivity index (χ1v) is 8.97. The summed E-state index contributed by atoms with van der Waals surface area (Å²) in [7, 11) is -3.25. The van der Waals surface area contributed by atoms with E-state index >= 15 is 0 Å². The average Bonchev–Trinajstić information content (AvgIpc) is 2.96. The normalized spacial score (nSPS) is 19.1. The molecule has 0 spiro atoms. The fourth-order valence-corrected chi connectivity index (χ4v) is 4.01. The zero-order chi connectivity index (χ0) is 15.6. The summed E-state index contributed by atoms with van der Waals surface area (Å²) in [6, 6.07) is 4.01. The van der Waals surface area contributed by atoms with Crippen molar-refractivity contribution in [1.82, 2.24) is 14.7 Å². The van der Waals surface area contributed by atoms with Crippen LogP contribution in [0.2, 0.25) is 0 Å². The number of allylic oxidation sites excluding steroid dienone is 1. The van der Waals surface area contributed by atoms with Gasteiger partial charge in [-0.25, -0.2) is 18.1 Å². The molecule has 116 valence electrons. The molecule has 0 fully saturated rings. The lowest BCUT2D eigenvalue weighted by molar-refractivity contribution is 0.528. The summed E-state index contributed by atoms with van der Waals surface area (Å²) in [5.74, 6) is -0.0333. The van der Waals surface area contributed by atoms with Crippen molar-refractivity contribution in [1.29, 1.82) is 0 Å². The molecule has 3 rings (SSSR count). The van der Waals surface area contributed by atoms with Gasteiger partial charge in [-0.3, -0.25) is 0 Å². The number of fused-ring (bicyclic) bond motifs is 1. The van der Waals surface area contributed by atoms with Gasteiger partial charge in [0.05, 0.1) is 5.75 Å². The number of sulfonamides is 1. The van der Waals surface area contributed by atoms with Crippen molar-refractivity contribution in [3.05, 3.63) is 48.8 Å². The summed E-state index contributed by atoms with van der Waals surface area (Å²) < 4.78 is 26.3. The zero-order valence-corrected chi connectivity index (χ0v) is 13.1. The molecule has 1 aliphatic rings. The number of aromatic amines is 1. The van der Waals surface area contributed by atoms with Crippen LogP contribution in [-0.2, 0) is 10.0 Å². The molecule has 0 aliphatic heterocycles. The SMILES string of the molecule is C=CCS(=O)(=O)NC1CC=C(c2ccnc3[nH]ccc23)CC1. The number of hydrogen-bond donors (Lipinski definition) is 2. The Kier molecular flexibility index (Phi) is 4.13. The van der Waals surface area contributed by atoms with E-state index < -0.39 is 10.0 Å². The first-order valence-electron chi connectivity index (χ1n) is 7.31. The van der Waals surface area contributed by atoms with Crippen molar-refractivity contribution in [2.45, 2.75) is 25.3 Å². The molecule has 0 saturated carbocycles. The minimum Gasteiger partial charge on any atom is -0.346 e. The van der Waals surface area contributed by atoms with E-state index in [0.717, 1.165) is 23.9 Å². The van der Waals surface area contributed by atoms with Crippen LogP contribution in [0.1, 0.15) is 24.8 Å². The number of H-pyrrole nitrogens is 1. The molecule has 6 heteroatoms. The Labute approximate surface area is 130 Å². The van der Waals surface area contributed by atoms with E-state index in [1.807, 2.05) is 18.3 Å². The van der Waals surface area contributed by atoms with E-state index in [1.165, 1.54) is 17.2 Å². The van der Waals surface area contributed by atoms with Crippen molar-refractivity contribution in [2.24, 2.45) is 0 Å². The third-order valence-corrected chi connectivity index (χ3v) is 5.27. The quantitative estimate of drug-likeness (QED) is 0.832. The lowest BCUT2D eigenvalue weighted by Crippen LogP contribution is -2.36. The maximum Gasteiger partial charge on any atom is 0.215 e. The third kappa shape index (κ3) is 3.13. The van der Waals surface area contributed by atoms with Crippen molar-refractivity contribution < 1.29 is 8.42 Å². The minimum atomic E-state index is -3.25. The molecule has 0 aromatic carbocycles. The molecule has 2 heterocycles. The lowest BCUT2D eigenvalue weighted by Gasteiger charge is -2.23. The number of rotatable bonds is 5. The fraction of sp³-hybridized carbons (Fsp3) is 0.312. The van der Waals surface area contributed by atoms with Crippen LogP contribution in [0.4, 0.5) is 0 Å². The molecule has 0 bridgehead atoms. The molecule has 2 aromatic rings. The molecule has 0 amide bonds. The summed E-state index contributed by atoms with van der Waals surface area (Å²) in [5.41, 5.74) is 3.32. The van der Waals surface area contributed by atoms with Crippen LogP contribution in [0.25, 0.3) is 16.6 Å². The second-order valence-electron chi connectivity index (χ2n) is 5.49. The number of hydrogen-bond acceptors (Lipinski definition) is 3. The van der Waals surface area contributed by atoms with Crippen LogP contribution in [0, 0.1) is 0 Å². The van der Waals surface area contributed by atoms with Crippen LogP contribution < -0.4 is 4.72 Å². The molecule has 22 heavy (non-hydrogen) atoms. The molecule has 1 unspecified atom stereocenters. The van der Waals surface area contributed by atoms with Crippen LogP contribution in [-0.4, -0.2) is 30.2 Å². The van der Waals surface area contributed by atoms with E-state index in [4.69, 9.17) is 0 Å². The van der Waals surface area contributed by atoms with Crippen LogP contribution in [0.15, 0.2) is 43.3 Å². The van der Waals surface area contributed by atoms with Crippen LogP contribution >= 0.6 is 0 Å². The van der Waals surface area contributed by atoms with E-state index in [2.05, 4.69) is 27.3 Å². The van der Waals surface area contributed by atoms with Crippen LogP contribution in [0.5, 0.6) is 0 Å². The van der Waals surface area contributed by atoms with Gasteiger partial charge in [-0.05, 0) is 42.5 Å². The van der Waals surface area contributed by atoms with Gasteiger partial charge in [0.15, 0.2) is 0 Å². The number of nitrogens with one attached hydrogen (secondary N) is 2. The molecular weight excluding hydrogens is 298 g/mol. The molecule has 0 radical (unpaired) electrons. The molecule has 5 nitrogen and oxygen atoms in total. The summed E-state index contributed by atoms with van der Waals surface area (Å²) in [4.78, 5) is 7.41. The lowest BCUT2D eigenvalue weighted by atomic mass is 9.90. The molecule has 0 saturated heterocycles. The van der Waals surface area contributed by atoms with Gasteiger partial charge in [-0.2, -0.15) is 0 Å². The Hall–Kier alpha value is -1.92. The topological polar surface area (TPSA) is 74.8 Å². The van der Waals surface area contributed by atoms with Gasteiger partial charge >= 0.3 is 0 Å². The second-order valence-corrected chi connectivity index (χ2v) is 7.29. The maximum absolute atomic E-state index is 11.8. The predicted molar refractivity (Wildman–Crippen MR) is 88.8 cm³/mol.